The predicted octanol–water partition coefficient (Wildman–Crippen LogP) is -0.156. The van der Waals surface area contributed by atoms with Crippen molar-refractivity contribution >= 4 is 11.5 Å². The van der Waals surface area contributed by atoms with Crippen molar-refractivity contribution in [3.05, 3.63) is 66.3 Å². The monoisotopic (exact) mass is 362 g/mol. The average Bonchev–Trinajstić information content (AvgIpc) is 2.61. The first-order valence-electron chi connectivity index (χ1n) is 7.84. The summed E-state index contributed by atoms with van der Waals surface area (Å²) in [6.07, 6.45) is 0. The summed E-state index contributed by atoms with van der Waals surface area (Å²) in [7, 11) is 6.52. The maximum absolute atomic E-state index is 12.7. The summed E-state index contributed by atoms with van der Waals surface area (Å²) in [4.78, 5) is 37.5. The molecule has 0 spiro atoms. The first-order chi connectivity index (χ1) is 12.2. The van der Waals surface area contributed by atoms with Gasteiger partial charge in [-0.1, -0.05) is 12.1 Å². The second-order valence-corrected chi connectivity index (χ2v) is 6.17. The van der Waals surface area contributed by atoms with E-state index in [1.165, 1.54) is 14.1 Å². The number of nitrogens with two attached hydrogens (primary N) is 1. The molecule has 10 nitrogen and oxygen atoms in total. The maximum atomic E-state index is 12.7. The summed E-state index contributed by atoms with van der Waals surface area (Å²) in [6, 6.07) is 7.08. The van der Waals surface area contributed by atoms with Crippen LogP contribution in [0.15, 0.2) is 33.9 Å². The smallest absolute Gasteiger partial charge is 0.332 e. The Morgan fingerprint density at radius 3 is 2.23 bits per heavy atom. The van der Waals surface area contributed by atoms with Crippen molar-refractivity contribution in [3.63, 3.8) is 0 Å². The number of hydrogen-bond acceptors (Lipinski definition) is 7. The van der Waals surface area contributed by atoms with Crippen LogP contribution in [0.3, 0.4) is 0 Å². The van der Waals surface area contributed by atoms with Crippen molar-refractivity contribution in [2.45, 2.75) is 5.92 Å². The van der Waals surface area contributed by atoms with Crippen LogP contribution in [0.1, 0.15) is 17.0 Å². The van der Waals surface area contributed by atoms with Gasteiger partial charge in [0.05, 0.1) is 11.5 Å². The minimum absolute atomic E-state index is 0.0571. The van der Waals surface area contributed by atoms with E-state index >= 15 is 0 Å². The van der Waals surface area contributed by atoms with E-state index < -0.39 is 28.6 Å². The van der Waals surface area contributed by atoms with Crippen molar-refractivity contribution in [2.75, 3.05) is 31.0 Å². The molecule has 0 radical (unpaired) electrons. The molecule has 0 fully saturated rings. The molecular weight excluding hydrogens is 340 g/mol. The largest absolute Gasteiger partial charge is 0.378 e. The van der Waals surface area contributed by atoms with E-state index in [2.05, 4.69) is 5.43 Å². The van der Waals surface area contributed by atoms with E-state index in [1.54, 1.807) is 12.1 Å². The molecule has 1 atom stereocenters. The highest BCUT2D eigenvalue weighted by atomic mass is 16.6. The summed E-state index contributed by atoms with van der Waals surface area (Å²) >= 11 is 0. The SMILES string of the molecule is CN(C)c1ccc(C(C[N+](=O)[O-])c2c(NN)n(C)c(=O)n(C)c2=O)cc1. The van der Waals surface area contributed by atoms with Gasteiger partial charge in [0, 0.05) is 38.8 Å². The van der Waals surface area contributed by atoms with Crippen LogP contribution in [0.25, 0.3) is 0 Å². The predicted molar refractivity (Wildman–Crippen MR) is 99.2 cm³/mol. The third kappa shape index (κ3) is 3.45. The van der Waals surface area contributed by atoms with Crippen LogP contribution >= 0.6 is 0 Å². The number of nitrogen functional groups attached to an aromatic ring is 1. The Bertz CT molecular complexity index is 929. The number of nitrogens with zero attached hydrogens (tertiary/aromatic N) is 4. The molecule has 140 valence electrons. The Morgan fingerprint density at radius 2 is 1.77 bits per heavy atom. The fraction of sp³-hybridized carbons (Fsp3) is 0.375. The molecule has 3 N–H and O–H groups in total. The number of nitrogens with one attached hydrogen (secondary N) is 1. The van der Waals surface area contributed by atoms with Crippen LogP contribution in [0.2, 0.25) is 0 Å². The highest BCUT2D eigenvalue weighted by molar-refractivity contribution is 5.52. The second-order valence-electron chi connectivity index (χ2n) is 6.17. The summed E-state index contributed by atoms with van der Waals surface area (Å²) in [6.45, 7) is -0.510. The molecule has 2 rings (SSSR count). The third-order valence-electron chi connectivity index (χ3n) is 4.33. The number of aromatic nitrogens is 2. The van der Waals surface area contributed by atoms with Gasteiger partial charge in [-0.05, 0) is 17.7 Å². The fourth-order valence-corrected chi connectivity index (χ4v) is 2.88. The van der Waals surface area contributed by atoms with Crippen molar-refractivity contribution in [1.82, 2.24) is 9.13 Å². The van der Waals surface area contributed by atoms with Crippen molar-refractivity contribution in [2.24, 2.45) is 19.9 Å². The molecule has 0 aliphatic carbocycles. The number of benzene rings is 1. The maximum Gasteiger partial charge on any atom is 0.332 e. The first-order valence-corrected chi connectivity index (χ1v) is 7.84. The van der Waals surface area contributed by atoms with Crippen molar-refractivity contribution < 1.29 is 4.92 Å². The van der Waals surface area contributed by atoms with Crippen molar-refractivity contribution in [3.8, 4) is 0 Å². The zero-order valence-electron chi connectivity index (χ0n) is 15.1. The van der Waals surface area contributed by atoms with Crippen LogP contribution < -0.4 is 27.4 Å². The second kappa shape index (κ2) is 7.40. The van der Waals surface area contributed by atoms with Gasteiger partial charge in [-0.15, -0.1) is 0 Å². The van der Waals surface area contributed by atoms with Crippen LogP contribution in [-0.2, 0) is 14.1 Å². The topological polar surface area (TPSA) is 128 Å². The molecule has 10 heteroatoms. The summed E-state index contributed by atoms with van der Waals surface area (Å²) in [5, 5.41) is 11.2. The van der Waals surface area contributed by atoms with Crippen molar-refractivity contribution in [1.29, 1.82) is 0 Å². The van der Waals surface area contributed by atoms with Gasteiger partial charge in [-0.3, -0.25) is 24.0 Å². The standard InChI is InChI=1S/C16H22N6O4/c1-19(2)11-7-5-10(6-8-11)12(9-22(25)26)13-14(18-17)20(3)16(24)21(4)15(13)23/h5-8,12,18H,9,17H2,1-4H3. The van der Waals surface area contributed by atoms with Gasteiger partial charge in [0.15, 0.2) is 0 Å². The van der Waals surface area contributed by atoms with Gasteiger partial charge in [0.2, 0.25) is 6.54 Å². The summed E-state index contributed by atoms with van der Waals surface area (Å²) < 4.78 is 2.08. The molecule has 0 aliphatic rings. The molecule has 1 unspecified atom stereocenters. The number of hydrazine groups is 1. The Kier molecular flexibility index (Phi) is 5.46. The molecule has 26 heavy (non-hydrogen) atoms. The fourth-order valence-electron chi connectivity index (χ4n) is 2.88. The van der Waals surface area contributed by atoms with Crippen LogP contribution in [0.5, 0.6) is 0 Å². The molecule has 0 bridgehead atoms. The Hall–Kier alpha value is -3.14. The zero-order valence-corrected chi connectivity index (χ0v) is 15.1. The van der Waals surface area contributed by atoms with Crippen LogP contribution in [0, 0.1) is 10.1 Å². The van der Waals surface area contributed by atoms with Crippen LogP contribution in [0.4, 0.5) is 11.5 Å². The molecule has 2 aromatic rings. The van der Waals surface area contributed by atoms with E-state index in [0.717, 1.165) is 14.8 Å². The van der Waals surface area contributed by atoms with Crippen LogP contribution in [-0.4, -0.2) is 34.7 Å². The number of anilines is 2. The first kappa shape index (κ1) is 19.2. The highest BCUT2D eigenvalue weighted by Crippen LogP contribution is 2.28. The van der Waals surface area contributed by atoms with Gasteiger partial charge >= 0.3 is 5.69 Å². The quantitative estimate of drug-likeness (QED) is 0.415. The molecule has 0 saturated heterocycles. The average molecular weight is 362 g/mol. The minimum Gasteiger partial charge on any atom is -0.378 e. The van der Waals surface area contributed by atoms with E-state index in [-0.39, 0.29) is 11.4 Å². The Balaban J connectivity index is 2.74. The van der Waals surface area contributed by atoms with E-state index in [4.69, 9.17) is 5.84 Å². The lowest BCUT2D eigenvalue weighted by molar-refractivity contribution is -0.481. The van der Waals surface area contributed by atoms with Gasteiger partial charge in [0.25, 0.3) is 5.56 Å². The van der Waals surface area contributed by atoms with Gasteiger partial charge in [-0.25, -0.2) is 10.6 Å². The number of hydrogen-bond donors (Lipinski definition) is 2. The highest BCUT2D eigenvalue weighted by Gasteiger charge is 2.29. The lowest BCUT2D eigenvalue weighted by Crippen LogP contribution is -2.42. The molecule has 1 heterocycles. The normalized spacial score (nSPS) is 11.9. The van der Waals surface area contributed by atoms with Gasteiger partial charge < -0.3 is 10.3 Å². The summed E-state index contributed by atoms with van der Waals surface area (Å²) in [5.74, 6) is 4.71. The van der Waals surface area contributed by atoms with E-state index in [1.807, 2.05) is 31.1 Å². The molecule has 0 saturated carbocycles. The molecule has 1 aromatic heterocycles. The van der Waals surface area contributed by atoms with Gasteiger partial charge in [-0.2, -0.15) is 0 Å². The molecule has 0 amide bonds. The van der Waals surface area contributed by atoms with E-state index in [0.29, 0.717) is 5.56 Å². The molecular formula is C16H22N6O4. The number of nitro groups is 1. The summed E-state index contributed by atoms with van der Waals surface area (Å²) in [5.41, 5.74) is 2.72. The molecule has 1 aromatic carbocycles. The number of rotatable bonds is 6. The Labute approximate surface area is 149 Å². The van der Waals surface area contributed by atoms with Gasteiger partial charge in [0.1, 0.15) is 5.82 Å². The Morgan fingerprint density at radius 1 is 1.19 bits per heavy atom. The lowest BCUT2D eigenvalue weighted by Gasteiger charge is -2.20. The molecule has 0 aliphatic heterocycles. The minimum atomic E-state index is -0.863. The third-order valence-corrected chi connectivity index (χ3v) is 4.33. The zero-order chi connectivity index (χ0) is 19.6. The van der Waals surface area contributed by atoms with E-state index in [9.17, 15) is 19.7 Å². The lowest BCUT2D eigenvalue weighted by atomic mass is 9.92.